The monoisotopic (exact) mass is 455 g/mol. The molecule has 0 saturated carbocycles. The molecule has 0 radical (unpaired) electrons. The maximum absolute atomic E-state index is 11.8. The van der Waals surface area contributed by atoms with Gasteiger partial charge in [-0.25, -0.2) is 9.78 Å². The SMILES string of the molecule is CCCCCONCc1ccccc1.Cc1nc(NC(=O)c2ccccc2)sc1C(=O)O. The smallest absolute Gasteiger partial charge is 0.347 e. The summed E-state index contributed by atoms with van der Waals surface area (Å²) in [6.07, 6.45) is 3.62. The van der Waals surface area contributed by atoms with Crippen molar-refractivity contribution >= 4 is 28.3 Å². The Bertz CT molecular complexity index is 962. The van der Waals surface area contributed by atoms with E-state index in [-0.39, 0.29) is 10.8 Å². The van der Waals surface area contributed by atoms with E-state index in [1.165, 1.54) is 18.4 Å². The van der Waals surface area contributed by atoms with Crippen molar-refractivity contribution in [1.29, 1.82) is 0 Å². The Kier molecular flexibility index (Phi) is 11.1. The zero-order valence-corrected chi connectivity index (χ0v) is 19.2. The van der Waals surface area contributed by atoms with E-state index >= 15 is 0 Å². The lowest BCUT2D eigenvalue weighted by Gasteiger charge is -2.05. The van der Waals surface area contributed by atoms with E-state index in [2.05, 4.69) is 34.8 Å². The molecule has 3 aromatic rings. The van der Waals surface area contributed by atoms with Gasteiger partial charge in [0, 0.05) is 12.1 Å². The number of aromatic nitrogens is 1. The minimum Gasteiger partial charge on any atom is -0.477 e. The lowest BCUT2D eigenvalue weighted by atomic mass is 10.2. The second kappa shape index (κ2) is 14.1. The summed E-state index contributed by atoms with van der Waals surface area (Å²) in [7, 11) is 0. The molecule has 0 aliphatic rings. The molecule has 0 aliphatic heterocycles. The van der Waals surface area contributed by atoms with Crippen molar-refractivity contribution in [3.05, 3.63) is 82.4 Å². The van der Waals surface area contributed by atoms with Crippen LogP contribution in [0.4, 0.5) is 5.13 Å². The quantitative estimate of drug-likeness (QED) is 0.283. The van der Waals surface area contributed by atoms with Crippen LogP contribution >= 0.6 is 11.3 Å². The highest BCUT2D eigenvalue weighted by molar-refractivity contribution is 7.17. The molecule has 2 aromatic carbocycles. The van der Waals surface area contributed by atoms with E-state index in [9.17, 15) is 9.59 Å². The van der Waals surface area contributed by atoms with Crippen LogP contribution in [0.1, 0.15) is 57.5 Å². The van der Waals surface area contributed by atoms with Crippen LogP contribution in [-0.4, -0.2) is 28.6 Å². The van der Waals surface area contributed by atoms with E-state index in [0.29, 0.717) is 16.4 Å². The fourth-order valence-electron chi connectivity index (χ4n) is 2.63. The molecule has 0 aliphatic carbocycles. The normalized spacial score (nSPS) is 10.2. The first-order valence-electron chi connectivity index (χ1n) is 10.5. The molecule has 3 rings (SSSR count). The predicted molar refractivity (Wildman–Crippen MR) is 127 cm³/mol. The summed E-state index contributed by atoms with van der Waals surface area (Å²) in [5.41, 5.74) is 5.11. The molecule has 8 heteroatoms. The number of carbonyl (C=O) groups is 2. The van der Waals surface area contributed by atoms with Crippen LogP contribution in [0.2, 0.25) is 0 Å². The van der Waals surface area contributed by atoms with Crippen molar-refractivity contribution < 1.29 is 19.5 Å². The number of hydrogen-bond acceptors (Lipinski definition) is 6. The number of aryl methyl sites for hydroxylation is 1. The molecular weight excluding hydrogens is 426 g/mol. The first kappa shape index (κ1) is 25.2. The van der Waals surface area contributed by atoms with E-state index in [1.54, 1.807) is 31.2 Å². The van der Waals surface area contributed by atoms with Crippen LogP contribution in [0, 0.1) is 6.92 Å². The standard InChI is InChI=1S/C12H10N2O3S.C12H19NO/c1-7-9(11(16)17)18-12(13-7)14-10(15)8-5-3-2-4-6-8;1-2-3-7-10-14-13-11-12-8-5-4-6-9-12/h2-6H,1H3,(H,16,17)(H,13,14,15);4-6,8-9,13H,2-3,7,10-11H2,1H3. The van der Waals surface area contributed by atoms with Crippen LogP contribution in [0.3, 0.4) is 0 Å². The van der Waals surface area contributed by atoms with Crippen LogP contribution in [-0.2, 0) is 11.4 Å². The van der Waals surface area contributed by atoms with Gasteiger partial charge in [-0.2, -0.15) is 5.48 Å². The van der Waals surface area contributed by atoms with Gasteiger partial charge >= 0.3 is 5.97 Å². The molecule has 0 saturated heterocycles. The Morgan fingerprint density at radius 2 is 1.69 bits per heavy atom. The summed E-state index contributed by atoms with van der Waals surface area (Å²) in [6.45, 7) is 5.38. The zero-order valence-electron chi connectivity index (χ0n) is 18.3. The number of unbranched alkanes of at least 4 members (excludes halogenated alkanes) is 2. The average molecular weight is 456 g/mol. The van der Waals surface area contributed by atoms with Crippen LogP contribution in [0.15, 0.2) is 60.7 Å². The first-order valence-corrected chi connectivity index (χ1v) is 11.3. The summed E-state index contributed by atoms with van der Waals surface area (Å²) in [5.74, 6) is -1.34. The molecule has 32 heavy (non-hydrogen) atoms. The van der Waals surface area contributed by atoms with Gasteiger partial charge in [0.05, 0.1) is 12.3 Å². The number of carbonyl (C=O) groups excluding carboxylic acids is 1. The number of hydroxylamine groups is 1. The van der Waals surface area contributed by atoms with E-state index < -0.39 is 5.97 Å². The Balaban J connectivity index is 0.000000235. The summed E-state index contributed by atoms with van der Waals surface area (Å²) in [5, 5.41) is 11.8. The molecule has 0 fully saturated rings. The second-order valence-electron chi connectivity index (χ2n) is 6.92. The number of nitrogens with one attached hydrogen (secondary N) is 2. The molecule has 1 aromatic heterocycles. The highest BCUT2D eigenvalue weighted by Crippen LogP contribution is 2.22. The highest BCUT2D eigenvalue weighted by atomic mass is 32.1. The van der Waals surface area contributed by atoms with Crippen molar-refractivity contribution in [3.8, 4) is 0 Å². The Morgan fingerprint density at radius 3 is 2.28 bits per heavy atom. The Hall–Kier alpha value is -3.07. The molecular formula is C24H29N3O4S. The number of carboxylic acids is 1. The average Bonchev–Trinajstić information content (AvgIpc) is 3.18. The molecule has 3 N–H and O–H groups in total. The number of benzene rings is 2. The van der Waals surface area contributed by atoms with Gasteiger partial charge in [0.15, 0.2) is 5.13 Å². The molecule has 0 bridgehead atoms. The number of hydrogen-bond donors (Lipinski definition) is 3. The van der Waals surface area contributed by atoms with Gasteiger partial charge < -0.3 is 9.94 Å². The van der Waals surface area contributed by atoms with Gasteiger partial charge in [-0.3, -0.25) is 10.1 Å². The summed E-state index contributed by atoms with van der Waals surface area (Å²) in [6, 6.07) is 18.9. The molecule has 0 atom stereocenters. The molecule has 0 spiro atoms. The Labute approximate surface area is 192 Å². The van der Waals surface area contributed by atoms with Crippen LogP contribution < -0.4 is 10.8 Å². The largest absolute Gasteiger partial charge is 0.477 e. The molecule has 1 amide bonds. The maximum atomic E-state index is 11.8. The zero-order chi connectivity index (χ0) is 23.2. The van der Waals surface area contributed by atoms with E-state index in [0.717, 1.165) is 30.9 Å². The lowest BCUT2D eigenvalue weighted by molar-refractivity contribution is 0.0342. The van der Waals surface area contributed by atoms with E-state index in [1.807, 2.05) is 24.3 Å². The molecule has 1 heterocycles. The minimum atomic E-state index is -1.04. The number of rotatable bonds is 10. The number of thiazole rings is 1. The molecule has 0 unspecified atom stereocenters. The maximum Gasteiger partial charge on any atom is 0.347 e. The van der Waals surface area contributed by atoms with Gasteiger partial charge in [-0.05, 0) is 31.0 Å². The molecule has 170 valence electrons. The van der Waals surface area contributed by atoms with E-state index in [4.69, 9.17) is 9.94 Å². The number of amides is 1. The Morgan fingerprint density at radius 1 is 1.03 bits per heavy atom. The first-order chi connectivity index (χ1) is 15.5. The third-order valence-electron chi connectivity index (χ3n) is 4.32. The predicted octanol–water partition coefficient (Wildman–Crippen LogP) is 5.30. The van der Waals surface area contributed by atoms with Gasteiger partial charge in [0.25, 0.3) is 5.91 Å². The third-order valence-corrected chi connectivity index (χ3v) is 5.38. The summed E-state index contributed by atoms with van der Waals surface area (Å²) >= 11 is 0.948. The number of nitrogens with zero attached hydrogens (tertiary/aromatic N) is 1. The second-order valence-corrected chi connectivity index (χ2v) is 7.92. The third kappa shape index (κ3) is 8.97. The van der Waals surface area contributed by atoms with Gasteiger partial charge in [-0.15, -0.1) is 0 Å². The number of carboxylic acid groups (broad SMARTS) is 1. The van der Waals surface area contributed by atoms with Crippen LogP contribution in [0.25, 0.3) is 0 Å². The van der Waals surface area contributed by atoms with Crippen molar-refractivity contribution in [3.63, 3.8) is 0 Å². The van der Waals surface area contributed by atoms with Gasteiger partial charge in [-0.1, -0.05) is 79.6 Å². The number of aromatic carboxylic acids is 1. The van der Waals surface area contributed by atoms with Gasteiger partial charge in [0.2, 0.25) is 0 Å². The van der Waals surface area contributed by atoms with Crippen molar-refractivity contribution in [1.82, 2.24) is 10.5 Å². The molecule has 7 nitrogen and oxygen atoms in total. The van der Waals surface area contributed by atoms with Gasteiger partial charge in [0.1, 0.15) is 4.88 Å². The van der Waals surface area contributed by atoms with Crippen molar-refractivity contribution in [2.24, 2.45) is 0 Å². The fourth-order valence-corrected chi connectivity index (χ4v) is 3.43. The van der Waals surface area contributed by atoms with Crippen molar-refractivity contribution in [2.45, 2.75) is 39.7 Å². The highest BCUT2D eigenvalue weighted by Gasteiger charge is 2.15. The number of anilines is 1. The lowest BCUT2D eigenvalue weighted by Crippen LogP contribution is -2.14. The van der Waals surface area contributed by atoms with Crippen molar-refractivity contribution in [2.75, 3.05) is 11.9 Å². The topological polar surface area (TPSA) is 101 Å². The summed E-state index contributed by atoms with van der Waals surface area (Å²) < 4.78 is 0. The minimum absolute atomic E-state index is 0.137. The van der Waals surface area contributed by atoms with Crippen LogP contribution in [0.5, 0.6) is 0 Å². The summed E-state index contributed by atoms with van der Waals surface area (Å²) in [4.78, 5) is 32.1. The fraction of sp³-hybridized carbons (Fsp3) is 0.292.